The molecule has 4 heteroatoms. The molecule has 1 aliphatic rings. The van der Waals surface area contributed by atoms with Gasteiger partial charge in [-0.3, -0.25) is 4.79 Å². The molecule has 0 saturated heterocycles. The fraction of sp³-hybridized carbons (Fsp3) is 0.160. The molecule has 0 heterocycles. The third-order valence-electron chi connectivity index (χ3n) is 5.07. The molecule has 0 aliphatic heterocycles. The minimum atomic E-state index is -0.231. The number of anilines is 1. The van der Waals surface area contributed by atoms with Crippen molar-refractivity contribution in [3.63, 3.8) is 0 Å². The first-order valence-electron chi connectivity index (χ1n) is 9.64. The van der Waals surface area contributed by atoms with Crippen molar-refractivity contribution in [3.8, 4) is 11.1 Å². The van der Waals surface area contributed by atoms with E-state index in [1.807, 2.05) is 72.8 Å². The van der Waals surface area contributed by atoms with Gasteiger partial charge in [-0.15, -0.1) is 0 Å². The molecule has 3 aromatic carbocycles. The van der Waals surface area contributed by atoms with Gasteiger partial charge in [0.2, 0.25) is 0 Å². The second kappa shape index (κ2) is 8.24. The summed E-state index contributed by atoms with van der Waals surface area (Å²) >= 11 is 6.43. The third kappa shape index (κ3) is 4.26. The number of halogens is 1. The fourth-order valence-corrected chi connectivity index (χ4v) is 3.90. The Bertz CT molecular complexity index is 1060. The molecule has 3 aromatic rings. The van der Waals surface area contributed by atoms with E-state index in [0.29, 0.717) is 11.3 Å². The lowest BCUT2D eigenvalue weighted by atomic mass is 10.0. The SMILES string of the molecule is CN(C)CC1=Cc2ccc(N(Cl)C(=O)c3ccc(-c4ccccc4)cc3)cc2C1. The molecule has 146 valence electrons. The van der Waals surface area contributed by atoms with Crippen LogP contribution >= 0.6 is 11.8 Å². The van der Waals surface area contributed by atoms with E-state index < -0.39 is 0 Å². The summed E-state index contributed by atoms with van der Waals surface area (Å²) in [7, 11) is 4.13. The molecule has 0 spiro atoms. The van der Waals surface area contributed by atoms with Gasteiger partial charge in [0.15, 0.2) is 0 Å². The Balaban J connectivity index is 1.50. The molecule has 1 amide bonds. The predicted octanol–water partition coefficient (Wildman–Crippen LogP) is 5.66. The summed E-state index contributed by atoms with van der Waals surface area (Å²) in [5.41, 5.74) is 7.22. The maximum absolute atomic E-state index is 12.9. The molecule has 0 fully saturated rings. The topological polar surface area (TPSA) is 23.6 Å². The third-order valence-corrected chi connectivity index (χ3v) is 5.42. The van der Waals surface area contributed by atoms with Gasteiger partial charge in [0.25, 0.3) is 5.91 Å². The number of fused-ring (bicyclic) bond motifs is 1. The highest BCUT2D eigenvalue weighted by atomic mass is 35.5. The molecule has 0 saturated carbocycles. The molecule has 0 N–H and O–H groups in total. The van der Waals surface area contributed by atoms with Crippen molar-refractivity contribution in [2.75, 3.05) is 25.1 Å². The highest BCUT2D eigenvalue weighted by molar-refractivity contribution is 6.39. The molecule has 0 radical (unpaired) electrons. The molecular formula is C25H23ClN2O. The van der Waals surface area contributed by atoms with E-state index in [-0.39, 0.29) is 5.91 Å². The Morgan fingerprint density at radius 1 is 0.931 bits per heavy atom. The Labute approximate surface area is 177 Å². The largest absolute Gasteiger partial charge is 0.305 e. The van der Waals surface area contributed by atoms with Crippen LogP contribution in [-0.4, -0.2) is 31.4 Å². The maximum Gasteiger partial charge on any atom is 0.272 e. The number of hydrogen-bond donors (Lipinski definition) is 0. The highest BCUT2D eigenvalue weighted by Crippen LogP contribution is 2.31. The number of benzene rings is 3. The maximum atomic E-state index is 12.9. The van der Waals surface area contributed by atoms with Crippen molar-refractivity contribution in [2.45, 2.75) is 6.42 Å². The van der Waals surface area contributed by atoms with Gasteiger partial charge in [0.05, 0.1) is 5.69 Å². The van der Waals surface area contributed by atoms with E-state index >= 15 is 0 Å². The van der Waals surface area contributed by atoms with Crippen LogP contribution in [0, 0.1) is 0 Å². The molecule has 1 aliphatic carbocycles. The Morgan fingerprint density at radius 2 is 1.62 bits per heavy atom. The normalized spacial score (nSPS) is 12.6. The van der Waals surface area contributed by atoms with E-state index in [1.54, 1.807) is 0 Å². The van der Waals surface area contributed by atoms with E-state index in [4.69, 9.17) is 11.8 Å². The predicted molar refractivity (Wildman–Crippen MR) is 121 cm³/mol. The zero-order valence-corrected chi connectivity index (χ0v) is 17.4. The lowest BCUT2D eigenvalue weighted by molar-refractivity contribution is 0.101. The number of nitrogens with zero attached hydrogens (tertiary/aromatic N) is 2. The van der Waals surface area contributed by atoms with Crippen molar-refractivity contribution in [3.05, 3.63) is 95.1 Å². The number of hydrogen-bond acceptors (Lipinski definition) is 2. The summed E-state index contributed by atoms with van der Waals surface area (Å²) in [6.07, 6.45) is 3.12. The van der Waals surface area contributed by atoms with Gasteiger partial charge >= 0.3 is 0 Å². The Morgan fingerprint density at radius 3 is 2.31 bits per heavy atom. The second-order valence-electron chi connectivity index (χ2n) is 7.63. The molecule has 4 rings (SSSR count). The van der Waals surface area contributed by atoms with Crippen LogP contribution in [0.25, 0.3) is 17.2 Å². The van der Waals surface area contributed by atoms with E-state index in [1.165, 1.54) is 21.1 Å². The van der Waals surface area contributed by atoms with Crippen LogP contribution in [0.3, 0.4) is 0 Å². The number of amides is 1. The van der Waals surface area contributed by atoms with Crippen molar-refractivity contribution in [2.24, 2.45) is 0 Å². The quantitative estimate of drug-likeness (QED) is 0.514. The zero-order chi connectivity index (χ0) is 20.4. The van der Waals surface area contributed by atoms with Gasteiger partial charge in [0.1, 0.15) is 0 Å². The van der Waals surface area contributed by atoms with Crippen LogP contribution in [0.1, 0.15) is 21.5 Å². The molecular weight excluding hydrogens is 380 g/mol. The van der Waals surface area contributed by atoms with Gasteiger partial charge in [-0.1, -0.05) is 60.2 Å². The standard InChI is InChI=1S/C25H23ClN2O/c1-27(2)17-18-14-22-12-13-24(16-23(22)15-18)28(26)25(29)21-10-8-20(9-11-21)19-6-4-3-5-7-19/h3-14,16H,15,17H2,1-2H3. The first-order chi connectivity index (χ1) is 14.0. The fourth-order valence-electron chi connectivity index (χ4n) is 3.70. The van der Waals surface area contributed by atoms with E-state index in [0.717, 1.165) is 24.1 Å². The molecule has 0 aromatic heterocycles. The Kier molecular flexibility index (Phi) is 5.52. The van der Waals surface area contributed by atoms with Crippen molar-refractivity contribution in [1.82, 2.24) is 4.90 Å². The lowest BCUT2D eigenvalue weighted by Gasteiger charge is -2.16. The second-order valence-corrected chi connectivity index (χ2v) is 7.97. The van der Waals surface area contributed by atoms with Crippen molar-refractivity contribution < 1.29 is 4.79 Å². The summed E-state index contributed by atoms with van der Waals surface area (Å²) in [6.45, 7) is 0.932. The molecule has 0 unspecified atom stereocenters. The number of likely N-dealkylation sites (N-methyl/N-ethyl adjacent to an activating group) is 1. The van der Waals surface area contributed by atoms with Crippen LogP contribution in [-0.2, 0) is 6.42 Å². The zero-order valence-electron chi connectivity index (χ0n) is 16.6. The lowest BCUT2D eigenvalue weighted by Crippen LogP contribution is -2.20. The minimum absolute atomic E-state index is 0.231. The van der Waals surface area contributed by atoms with Crippen molar-refractivity contribution in [1.29, 1.82) is 0 Å². The van der Waals surface area contributed by atoms with E-state index in [9.17, 15) is 4.79 Å². The van der Waals surface area contributed by atoms with Gasteiger partial charge in [0, 0.05) is 23.9 Å². The smallest absolute Gasteiger partial charge is 0.272 e. The average molecular weight is 403 g/mol. The molecule has 3 nitrogen and oxygen atoms in total. The Hall–Kier alpha value is -2.88. The van der Waals surface area contributed by atoms with Crippen LogP contribution < -0.4 is 4.42 Å². The van der Waals surface area contributed by atoms with Gasteiger partial charge in [-0.05, 0) is 67.0 Å². The number of carbonyl (C=O) groups excluding carboxylic acids is 1. The van der Waals surface area contributed by atoms with Gasteiger partial charge in [-0.2, -0.15) is 0 Å². The van der Waals surface area contributed by atoms with Gasteiger partial charge in [-0.25, -0.2) is 4.42 Å². The first kappa shape index (κ1) is 19.4. The van der Waals surface area contributed by atoms with E-state index in [2.05, 4.69) is 25.1 Å². The minimum Gasteiger partial charge on any atom is -0.305 e. The monoisotopic (exact) mass is 402 g/mol. The molecule has 29 heavy (non-hydrogen) atoms. The highest BCUT2D eigenvalue weighted by Gasteiger charge is 2.19. The van der Waals surface area contributed by atoms with Crippen LogP contribution in [0.5, 0.6) is 0 Å². The summed E-state index contributed by atoms with van der Waals surface area (Å²) in [5, 5.41) is 0. The average Bonchev–Trinajstić information content (AvgIpc) is 3.14. The summed E-state index contributed by atoms with van der Waals surface area (Å²) < 4.78 is 1.21. The number of carbonyl (C=O) groups is 1. The summed E-state index contributed by atoms with van der Waals surface area (Å²) in [4.78, 5) is 15.0. The van der Waals surface area contributed by atoms with Crippen LogP contribution in [0.15, 0.2) is 78.4 Å². The first-order valence-corrected chi connectivity index (χ1v) is 9.98. The molecule has 0 bridgehead atoms. The van der Waals surface area contributed by atoms with Crippen LogP contribution in [0.4, 0.5) is 5.69 Å². The van der Waals surface area contributed by atoms with Crippen molar-refractivity contribution >= 4 is 29.4 Å². The summed E-state index contributed by atoms with van der Waals surface area (Å²) in [6, 6.07) is 23.6. The van der Waals surface area contributed by atoms with Gasteiger partial charge < -0.3 is 4.90 Å². The summed E-state index contributed by atoms with van der Waals surface area (Å²) in [5.74, 6) is -0.231. The van der Waals surface area contributed by atoms with Crippen LogP contribution in [0.2, 0.25) is 0 Å². The molecule has 0 atom stereocenters. The number of rotatable bonds is 5.